The second-order valence-corrected chi connectivity index (χ2v) is 5.23. The molecule has 0 spiro atoms. The van der Waals surface area contributed by atoms with Crippen LogP contribution in [0.3, 0.4) is 0 Å². The van der Waals surface area contributed by atoms with Gasteiger partial charge in [0, 0.05) is 22.2 Å². The molecule has 2 rings (SSSR count). The van der Waals surface area contributed by atoms with Crippen LogP contribution in [0.25, 0.3) is 0 Å². The van der Waals surface area contributed by atoms with Gasteiger partial charge in [0.25, 0.3) is 0 Å². The summed E-state index contributed by atoms with van der Waals surface area (Å²) in [5.41, 5.74) is 1.12. The molecule has 0 radical (unpaired) electrons. The molecule has 6 heteroatoms. The van der Waals surface area contributed by atoms with Crippen LogP contribution in [0, 0.1) is 0 Å². The largest absolute Gasteiger partial charge is 0.493 e. The monoisotopic (exact) mass is 314 g/mol. The molecule has 0 bridgehead atoms. The number of aryl methyl sites for hydroxylation is 1. The van der Waals surface area contributed by atoms with Gasteiger partial charge in [-0.25, -0.2) is 0 Å². The Hall–Kier alpha value is -1.23. The van der Waals surface area contributed by atoms with E-state index in [0.717, 1.165) is 6.42 Å². The lowest BCUT2D eigenvalue weighted by Crippen LogP contribution is -2.11. The second kappa shape index (κ2) is 6.48. The Morgan fingerprint density at radius 3 is 2.80 bits per heavy atom. The highest BCUT2D eigenvalue weighted by Gasteiger charge is 2.23. The molecule has 2 aromatic rings. The molecule has 1 aromatic carbocycles. The highest BCUT2D eigenvalue weighted by atomic mass is 35.5. The number of hydrogen-bond donors (Lipinski definition) is 1. The van der Waals surface area contributed by atoms with Crippen LogP contribution in [0.1, 0.15) is 30.7 Å². The molecule has 0 fully saturated rings. The summed E-state index contributed by atoms with van der Waals surface area (Å²) >= 11 is 12.1. The number of ether oxygens (including phenoxy) is 1. The van der Waals surface area contributed by atoms with Crippen LogP contribution < -0.4 is 4.74 Å². The zero-order chi connectivity index (χ0) is 14.7. The fourth-order valence-electron chi connectivity index (χ4n) is 2.07. The summed E-state index contributed by atoms with van der Waals surface area (Å²) in [6, 6.07) is 4.99. The zero-order valence-corrected chi connectivity index (χ0v) is 12.8. The van der Waals surface area contributed by atoms with E-state index < -0.39 is 6.10 Å². The van der Waals surface area contributed by atoms with Crippen molar-refractivity contribution >= 4 is 23.2 Å². The van der Waals surface area contributed by atoms with Gasteiger partial charge in [0.1, 0.15) is 11.8 Å². The Kier molecular flexibility index (Phi) is 4.91. The number of benzene rings is 1. The molecule has 0 aliphatic rings. The van der Waals surface area contributed by atoms with Crippen LogP contribution in [0.15, 0.2) is 24.4 Å². The van der Waals surface area contributed by atoms with E-state index in [-0.39, 0.29) is 0 Å². The van der Waals surface area contributed by atoms with Crippen LogP contribution in [0.5, 0.6) is 5.75 Å². The number of hydrogen-bond acceptors (Lipinski definition) is 3. The first kappa shape index (κ1) is 15.2. The molecule has 1 atom stereocenters. The first-order valence-corrected chi connectivity index (χ1v) is 7.06. The predicted molar refractivity (Wildman–Crippen MR) is 79.6 cm³/mol. The molecular weight excluding hydrogens is 299 g/mol. The highest BCUT2D eigenvalue weighted by Crippen LogP contribution is 2.34. The maximum atomic E-state index is 10.6. The van der Waals surface area contributed by atoms with E-state index in [0.29, 0.717) is 33.6 Å². The lowest BCUT2D eigenvalue weighted by atomic mass is 10.1. The molecule has 1 aromatic heterocycles. The van der Waals surface area contributed by atoms with Crippen LogP contribution in [0.4, 0.5) is 0 Å². The van der Waals surface area contributed by atoms with Crippen LogP contribution in [0.2, 0.25) is 10.0 Å². The Morgan fingerprint density at radius 2 is 2.15 bits per heavy atom. The molecule has 1 unspecified atom stereocenters. The molecule has 0 saturated carbocycles. The number of aromatic nitrogens is 2. The summed E-state index contributed by atoms with van der Waals surface area (Å²) in [6.45, 7) is 2.73. The molecule has 1 N–H and O–H groups in total. The molecule has 0 aliphatic heterocycles. The number of aliphatic hydroxyl groups is 1. The molecule has 0 saturated heterocycles. The first-order valence-electron chi connectivity index (χ1n) is 6.31. The SMILES string of the molecule is CCCn1ncc(OC)c1C(O)c1cc(Cl)ccc1Cl. The van der Waals surface area contributed by atoms with Crippen molar-refractivity contribution in [2.24, 2.45) is 0 Å². The Bertz CT molecular complexity index is 599. The van der Waals surface area contributed by atoms with E-state index >= 15 is 0 Å². The fraction of sp³-hybridized carbons (Fsp3) is 0.357. The molecular formula is C14H16Cl2N2O2. The Labute approximate surface area is 127 Å². The van der Waals surface area contributed by atoms with Crippen LogP contribution in [-0.4, -0.2) is 22.0 Å². The van der Waals surface area contributed by atoms with Crippen molar-refractivity contribution < 1.29 is 9.84 Å². The van der Waals surface area contributed by atoms with Gasteiger partial charge in [0.15, 0.2) is 5.75 Å². The minimum absolute atomic E-state index is 0.452. The van der Waals surface area contributed by atoms with Gasteiger partial charge in [0.2, 0.25) is 0 Å². The quantitative estimate of drug-likeness (QED) is 0.915. The van der Waals surface area contributed by atoms with Crippen molar-refractivity contribution in [3.8, 4) is 5.75 Å². The van der Waals surface area contributed by atoms with Gasteiger partial charge in [-0.1, -0.05) is 30.1 Å². The maximum absolute atomic E-state index is 10.6. The van der Waals surface area contributed by atoms with Crippen molar-refractivity contribution in [2.45, 2.75) is 26.0 Å². The highest BCUT2D eigenvalue weighted by molar-refractivity contribution is 6.33. The summed E-state index contributed by atoms with van der Waals surface area (Å²) in [7, 11) is 1.54. The first-order chi connectivity index (χ1) is 9.58. The number of aliphatic hydroxyl groups excluding tert-OH is 1. The van der Waals surface area contributed by atoms with Gasteiger partial charge in [0.05, 0.1) is 13.3 Å². The molecule has 0 aliphatic carbocycles. The summed E-state index contributed by atoms with van der Waals surface area (Å²) in [6.07, 6.45) is 1.55. The van der Waals surface area contributed by atoms with E-state index in [9.17, 15) is 5.11 Å². The Balaban J connectivity index is 2.48. The topological polar surface area (TPSA) is 47.3 Å². The normalized spacial score (nSPS) is 12.4. The van der Waals surface area contributed by atoms with Gasteiger partial charge < -0.3 is 9.84 Å². The summed E-state index contributed by atoms with van der Waals surface area (Å²) < 4.78 is 6.99. The van der Waals surface area contributed by atoms with E-state index in [1.165, 1.54) is 0 Å². The average molecular weight is 315 g/mol. The van der Waals surface area contributed by atoms with Crippen molar-refractivity contribution in [1.82, 2.24) is 9.78 Å². The maximum Gasteiger partial charge on any atom is 0.163 e. The minimum atomic E-state index is -0.940. The van der Waals surface area contributed by atoms with E-state index in [4.69, 9.17) is 27.9 Å². The molecule has 4 nitrogen and oxygen atoms in total. The number of rotatable bonds is 5. The van der Waals surface area contributed by atoms with Gasteiger partial charge in [-0.2, -0.15) is 5.10 Å². The Morgan fingerprint density at radius 1 is 1.40 bits per heavy atom. The van der Waals surface area contributed by atoms with Crippen molar-refractivity contribution in [3.05, 3.63) is 45.7 Å². The van der Waals surface area contributed by atoms with Gasteiger partial charge in [-0.05, 0) is 24.6 Å². The fourth-order valence-corrected chi connectivity index (χ4v) is 2.47. The van der Waals surface area contributed by atoms with E-state index in [2.05, 4.69) is 5.10 Å². The number of halogens is 2. The average Bonchev–Trinajstić information content (AvgIpc) is 2.84. The molecule has 0 amide bonds. The number of methoxy groups -OCH3 is 1. The summed E-state index contributed by atoms with van der Waals surface area (Å²) in [5.74, 6) is 0.530. The lowest BCUT2D eigenvalue weighted by molar-refractivity contribution is 0.202. The molecule has 1 heterocycles. The third-order valence-electron chi connectivity index (χ3n) is 3.01. The smallest absolute Gasteiger partial charge is 0.163 e. The van der Waals surface area contributed by atoms with Gasteiger partial charge >= 0.3 is 0 Å². The third-order valence-corrected chi connectivity index (χ3v) is 3.59. The second-order valence-electron chi connectivity index (χ2n) is 4.39. The van der Waals surface area contributed by atoms with Crippen molar-refractivity contribution in [1.29, 1.82) is 0 Å². The van der Waals surface area contributed by atoms with Gasteiger partial charge in [-0.15, -0.1) is 0 Å². The minimum Gasteiger partial charge on any atom is -0.493 e. The lowest BCUT2D eigenvalue weighted by Gasteiger charge is -2.16. The predicted octanol–water partition coefficient (Wildman–Crippen LogP) is 3.69. The summed E-state index contributed by atoms with van der Waals surface area (Å²) in [4.78, 5) is 0. The van der Waals surface area contributed by atoms with Crippen LogP contribution in [-0.2, 0) is 6.54 Å². The van der Waals surface area contributed by atoms with E-state index in [1.54, 1.807) is 36.2 Å². The van der Waals surface area contributed by atoms with E-state index in [1.807, 2.05) is 6.92 Å². The number of nitrogens with zero attached hydrogens (tertiary/aromatic N) is 2. The third kappa shape index (κ3) is 2.92. The molecule has 20 heavy (non-hydrogen) atoms. The molecule has 108 valence electrons. The van der Waals surface area contributed by atoms with Crippen molar-refractivity contribution in [2.75, 3.05) is 7.11 Å². The van der Waals surface area contributed by atoms with Crippen molar-refractivity contribution in [3.63, 3.8) is 0 Å². The van der Waals surface area contributed by atoms with Gasteiger partial charge in [-0.3, -0.25) is 4.68 Å². The standard InChI is InChI=1S/C14H16Cl2N2O2/c1-3-6-18-13(12(20-2)8-17-18)14(19)10-7-9(15)4-5-11(10)16/h4-5,7-8,14,19H,3,6H2,1-2H3. The zero-order valence-electron chi connectivity index (χ0n) is 11.3. The van der Waals surface area contributed by atoms with Crippen LogP contribution >= 0.6 is 23.2 Å². The summed E-state index contributed by atoms with van der Waals surface area (Å²) in [5, 5.41) is 15.8.